The summed E-state index contributed by atoms with van der Waals surface area (Å²) in [5.41, 5.74) is 0. The van der Waals surface area contributed by atoms with Crippen molar-refractivity contribution in [3.8, 4) is 0 Å². The fraction of sp³-hybridized carbons (Fsp3) is 0.900. The SMILES string of the molecule is CC1CCCC1C(=O)NCCCO. The number of amides is 1. The average Bonchev–Trinajstić information content (AvgIpc) is 2.52. The number of nitrogens with one attached hydrogen (secondary N) is 1. The van der Waals surface area contributed by atoms with Crippen LogP contribution in [-0.4, -0.2) is 24.2 Å². The number of aliphatic hydroxyl groups excluding tert-OH is 1. The Bertz CT molecular complexity index is 170. The molecule has 0 radical (unpaired) electrons. The standard InChI is InChI=1S/C10H19NO2/c1-8-4-2-5-9(8)10(13)11-6-3-7-12/h8-9,12H,2-7H2,1H3,(H,11,13). The van der Waals surface area contributed by atoms with Crippen LogP contribution in [0, 0.1) is 11.8 Å². The van der Waals surface area contributed by atoms with Crippen LogP contribution in [0.2, 0.25) is 0 Å². The molecule has 2 unspecified atom stereocenters. The van der Waals surface area contributed by atoms with Gasteiger partial charge in [-0.2, -0.15) is 0 Å². The average molecular weight is 185 g/mol. The van der Waals surface area contributed by atoms with E-state index in [0.29, 0.717) is 18.9 Å². The Kier molecular flexibility index (Phi) is 4.22. The first-order chi connectivity index (χ1) is 6.25. The van der Waals surface area contributed by atoms with Crippen molar-refractivity contribution in [2.45, 2.75) is 32.6 Å². The van der Waals surface area contributed by atoms with Gasteiger partial charge in [-0.05, 0) is 25.2 Å². The van der Waals surface area contributed by atoms with E-state index in [-0.39, 0.29) is 18.4 Å². The maximum absolute atomic E-state index is 11.5. The smallest absolute Gasteiger partial charge is 0.223 e. The molecule has 0 saturated heterocycles. The molecular formula is C10H19NO2. The quantitative estimate of drug-likeness (QED) is 0.640. The lowest BCUT2D eigenvalue weighted by atomic mass is 9.97. The van der Waals surface area contributed by atoms with Crippen LogP contribution in [-0.2, 0) is 4.79 Å². The number of rotatable bonds is 4. The van der Waals surface area contributed by atoms with E-state index in [1.165, 1.54) is 12.8 Å². The number of carbonyl (C=O) groups excluding carboxylic acids is 1. The molecule has 1 aliphatic rings. The minimum absolute atomic E-state index is 0.153. The van der Waals surface area contributed by atoms with Crippen LogP contribution in [0.4, 0.5) is 0 Å². The van der Waals surface area contributed by atoms with Crippen LogP contribution < -0.4 is 5.32 Å². The summed E-state index contributed by atoms with van der Waals surface area (Å²) >= 11 is 0. The van der Waals surface area contributed by atoms with Crippen LogP contribution in [0.15, 0.2) is 0 Å². The van der Waals surface area contributed by atoms with Gasteiger partial charge in [-0.25, -0.2) is 0 Å². The number of hydrogen-bond acceptors (Lipinski definition) is 2. The first kappa shape index (κ1) is 10.5. The Morgan fingerprint density at radius 2 is 2.31 bits per heavy atom. The molecule has 3 heteroatoms. The van der Waals surface area contributed by atoms with Crippen LogP contribution in [0.25, 0.3) is 0 Å². The highest BCUT2D eigenvalue weighted by Gasteiger charge is 2.28. The highest BCUT2D eigenvalue weighted by molar-refractivity contribution is 5.79. The second kappa shape index (κ2) is 5.22. The summed E-state index contributed by atoms with van der Waals surface area (Å²) < 4.78 is 0. The zero-order valence-corrected chi connectivity index (χ0v) is 8.25. The molecule has 1 fully saturated rings. The maximum atomic E-state index is 11.5. The fourth-order valence-electron chi connectivity index (χ4n) is 1.96. The van der Waals surface area contributed by atoms with Crippen LogP contribution >= 0.6 is 0 Å². The van der Waals surface area contributed by atoms with E-state index in [2.05, 4.69) is 12.2 Å². The second-order valence-corrected chi connectivity index (χ2v) is 3.88. The molecule has 76 valence electrons. The first-order valence-corrected chi connectivity index (χ1v) is 5.14. The highest BCUT2D eigenvalue weighted by Crippen LogP contribution is 2.30. The van der Waals surface area contributed by atoms with Crippen LogP contribution in [0.1, 0.15) is 32.6 Å². The molecule has 2 N–H and O–H groups in total. The Labute approximate surface area is 79.5 Å². The lowest BCUT2D eigenvalue weighted by molar-refractivity contribution is -0.125. The van der Waals surface area contributed by atoms with Crippen molar-refractivity contribution in [1.29, 1.82) is 0 Å². The number of aliphatic hydroxyl groups is 1. The van der Waals surface area contributed by atoms with E-state index in [9.17, 15) is 4.79 Å². The van der Waals surface area contributed by atoms with Crippen molar-refractivity contribution in [3.05, 3.63) is 0 Å². The summed E-state index contributed by atoms with van der Waals surface area (Å²) in [5, 5.41) is 11.4. The van der Waals surface area contributed by atoms with Crippen LogP contribution in [0.3, 0.4) is 0 Å². The summed E-state index contributed by atoms with van der Waals surface area (Å²) in [6, 6.07) is 0. The number of hydrogen-bond donors (Lipinski definition) is 2. The highest BCUT2D eigenvalue weighted by atomic mass is 16.3. The molecule has 0 aromatic heterocycles. The molecule has 13 heavy (non-hydrogen) atoms. The Hall–Kier alpha value is -0.570. The van der Waals surface area contributed by atoms with Gasteiger partial charge >= 0.3 is 0 Å². The molecule has 2 atom stereocenters. The summed E-state index contributed by atoms with van der Waals surface area (Å²) in [6.07, 6.45) is 4.05. The first-order valence-electron chi connectivity index (χ1n) is 5.14. The Morgan fingerprint density at radius 1 is 1.54 bits per heavy atom. The van der Waals surface area contributed by atoms with Gasteiger partial charge in [0, 0.05) is 19.1 Å². The predicted molar refractivity (Wildman–Crippen MR) is 51.2 cm³/mol. The summed E-state index contributed by atoms with van der Waals surface area (Å²) in [6.45, 7) is 2.91. The van der Waals surface area contributed by atoms with Crippen molar-refractivity contribution in [1.82, 2.24) is 5.32 Å². The Balaban J connectivity index is 2.22. The van der Waals surface area contributed by atoms with E-state index in [0.717, 1.165) is 6.42 Å². The molecule has 3 nitrogen and oxygen atoms in total. The molecule has 1 amide bonds. The zero-order valence-electron chi connectivity index (χ0n) is 8.25. The van der Waals surface area contributed by atoms with Crippen LogP contribution in [0.5, 0.6) is 0 Å². The van der Waals surface area contributed by atoms with Crippen molar-refractivity contribution in [2.24, 2.45) is 11.8 Å². The van der Waals surface area contributed by atoms with Gasteiger partial charge in [0.15, 0.2) is 0 Å². The zero-order chi connectivity index (χ0) is 9.68. The van der Waals surface area contributed by atoms with Gasteiger partial charge < -0.3 is 10.4 Å². The van der Waals surface area contributed by atoms with E-state index >= 15 is 0 Å². The maximum Gasteiger partial charge on any atom is 0.223 e. The predicted octanol–water partition coefficient (Wildman–Crippen LogP) is 0.921. The minimum atomic E-state index is 0.153. The summed E-state index contributed by atoms with van der Waals surface area (Å²) in [7, 11) is 0. The molecule has 1 rings (SSSR count). The Morgan fingerprint density at radius 3 is 2.85 bits per heavy atom. The topological polar surface area (TPSA) is 49.3 Å². The van der Waals surface area contributed by atoms with E-state index in [1.54, 1.807) is 0 Å². The monoisotopic (exact) mass is 185 g/mol. The normalized spacial score (nSPS) is 27.5. The lowest BCUT2D eigenvalue weighted by Gasteiger charge is -2.14. The van der Waals surface area contributed by atoms with Crippen molar-refractivity contribution < 1.29 is 9.90 Å². The summed E-state index contributed by atoms with van der Waals surface area (Å²) in [4.78, 5) is 11.5. The fourth-order valence-corrected chi connectivity index (χ4v) is 1.96. The third-order valence-electron chi connectivity index (χ3n) is 2.83. The second-order valence-electron chi connectivity index (χ2n) is 3.88. The third-order valence-corrected chi connectivity index (χ3v) is 2.83. The van der Waals surface area contributed by atoms with Crippen molar-refractivity contribution in [2.75, 3.05) is 13.2 Å². The summed E-state index contributed by atoms with van der Waals surface area (Å²) in [5.74, 6) is 0.936. The third kappa shape index (κ3) is 2.99. The van der Waals surface area contributed by atoms with E-state index in [4.69, 9.17) is 5.11 Å². The molecule has 0 aromatic carbocycles. The van der Waals surface area contributed by atoms with E-state index in [1.807, 2.05) is 0 Å². The minimum Gasteiger partial charge on any atom is -0.396 e. The molecule has 1 aliphatic carbocycles. The van der Waals surface area contributed by atoms with Gasteiger partial charge in [-0.3, -0.25) is 4.79 Å². The molecule has 0 spiro atoms. The molecule has 0 aromatic rings. The van der Waals surface area contributed by atoms with Gasteiger partial charge in [0.1, 0.15) is 0 Å². The van der Waals surface area contributed by atoms with E-state index < -0.39 is 0 Å². The molecule has 0 aliphatic heterocycles. The molecule has 0 bridgehead atoms. The number of carbonyl (C=O) groups is 1. The van der Waals surface area contributed by atoms with Gasteiger partial charge in [-0.1, -0.05) is 13.3 Å². The molecule has 0 heterocycles. The van der Waals surface area contributed by atoms with Crippen molar-refractivity contribution >= 4 is 5.91 Å². The van der Waals surface area contributed by atoms with Crippen molar-refractivity contribution in [3.63, 3.8) is 0 Å². The van der Waals surface area contributed by atoms with Gasteiger partial charge in [0.05, 0.1) is 0 Å². The molecule has 1 saturated carbocycles. The van der Waals surface area contributed by atoms with Gasteiger partial charge in [0.2, 0.25) is 5.91 Å². The van der Waals surface area contributed by atoms with Gasteiger partial charge in [0.25, 0.3) is 0 Å². The molecular weight excluding hydrogens is 166 g/mol. The largest absolute Gasteiger partial charge is 0.396 e. The van der Waals surface area contributed by atoms with Gasteiger partial charge in [-0.15, -0.1) is 0 Å². The lowest BCUT2D eigenvalue weighted by Crippen LogP contribution is -2.32.